The van der Waals surface area contributed by atoms with Crippen LogP contribution in [0.15, 0.2) is 4.40 Å². The first-order chi connectivity index (χ1) is 12.2. The zero-order valence-corrected chi connectivity index (χ0v) is 16.6. The molecule has 0 aromatic carbocycles. The molecule has 0 spiro atoms. The van der Waals surface area contributed by atoms with E-state index in [4.69, 9.17) is 0 Å². The highest BCUT2D eigenvalue weighted by atomic mass is 32.2. The minimum atomic E-state index is -5.69. The molecule has 0 atom stereocenters. The average molecular weight is 401 g/mol. The zero-order valence-electron chi connectivity index (χ0n) is 15.8. The Morgan fingerprint density at radius 1 is 0.769 bits per heavy atom. The molecular weight excluding hydrogens is 367 g/mol. The predicted molar refractivity (Wildman–Crippen MR) is 97.3 cm³/mol. The smallest absolute Gasteiger partial charge is 0.518 e. The number of hydrogen-bond acceptors (Lipinski definition) is 3. The maximum atomic E-state index is 12.1. The molecule has 0 aliphatic heterocycles. The van der Waals surface area contributed by atoms with Crippen molar-refractivity contribution in [2.24, 2.45) is 4.40 Å². The van der Waals surface area contributed by atoms with Gasteiger partial charge in [-0.3, -0.25) is 0 Å². The second-order valence-electron chi connectivity index (χ2n) is 6.75. The first kappa shape index (κ1) is 25.2. The monoisotopic (exact) mass is 400 g/mol. The van der Waals surface area contributed by atoms with Gasteiger partial charge >= 0.3 is 15.5 Å². The van der Waals surface area contributed by atoms with E-state index >= 15 is 0 Å². The Morgan fingerprint density at radius 2 is 1.12 bits per heavy atom. The normalized spacial score (nSPS) is 13.3. The van der Waals surface area contributed by atoms with Gasteiger partial charge in [-0.2, -0.15) is 26.0 Å². The summed E-state index contributed by atoms with van der Waals surface area (Å²) in [6.45, 7) is 2.21. The van der Waals surface area contributed by atoms with Gasteiger partial charge in [0.2, 0.25) is 0 Å². The molecule has 0 fully saturated rings. The van der Waals surface area contributed by atoms with Gasteiger partial charge in [-0.25, -0.2) is 0 Å². The summed E-state index contributed by atoms with van der Waals surface area (Å²) in [6.07, 6.45) is 15.5. The van der Waals surface area contributed by atoms with Gasteiger partial charge in [0, 0.05) is 0 Å². The minimum Gasteiger partial charge on any atom is -0.861 e. The number of unbranched alkanes of at least 4 members (excludes halogenated alkanes) is 13. The van der Waals surface area contributed by atoms with Crippen molar-refractivity contribution in [2.45, 2.75) is 109 Å². The van der Waals surface area contributed by atoms with Crippen LogP contribution in [0.4, 0.5) is 13.2 Å². The number of nitrogens with zero attached hydrogens (tertiary/aromatic N) is 1. The number of halogens is 3. The van der Waals surface area contributed by atoms with Crippen LogP contribution >= 0.6 is 0 Å². The lowest BCUT2D eigenvalue weighted by atomic mass is 10.0. The van der Waals surface area contributed by atoms with Crippen molar-refractivity contribution in [1.82, 2.24) is 0 Å². The number of alkyl halides is 3. The molecule has 0 radical (unpaired) electrons. The highest BCUT2D eigenvalue weighted by Gasteiger charge is 2.45. The average Bonchev–Trinajstić information content (AvgIpc) is 2.53. The molecule has 0 heterocycles. The van der Waals surface area contributed by atoms with Crippen molar-refractivity contribution >= 4 is 15.9 Å². The molecule has 156 valence electrons. The van der Waals surface area contributed by atoms with Crippen molar-refractivity contribution in [3.63, 3.8) is 0 Å². The quantitative estimate of drug-likeness (QED) is 0.196. The molecule has 4 nitrogen and oxygen atoms in total. The first-order valence-electron chi connectivity index (χ1n) is 9.78. The van der Waals surface area contributed by atoms with Crippen LogP contribution in [-0.4, -0.2) is 19.8 Å². The molecule has 0 amide bonds. The summed E-state index contributed by atoms with van der Waals surface area (Å²) < 4.78 is 59.9. The molecular formula is C18H33F3NO3S-. The highest BCUT2D eigenvalue weighted by Crippen LogP contribution is 2.24. The van der Waals surface area contributed by atoms with E-state index in [1.54, 1.807) is 0 Å². The van der Waals surface area contributed by atoms with Crippen molar-refractivity contribution in [3.8, 4) is 0 Å². The van der Waals surface area contributed by atoms with Gasteiger partial charge < -0.3 is 5.11 Å². The third-order valence-electron chi connectivity index (χ3n) is 4.26. The summed E-state index contributed by atoms with van der Waals surface area (Å²) in [4.78, 5) is 0. The Balaban J connectivity index is 3.52. The Morgan fingerprint density at radius 3 is 1.46 bits per heavy atom. The first-order valence-corrected chi connectivity index (χ1v) is 11.2. The van der Waals surface area contributed by atoms with Crippen LogP contribution in [0.25, 0.3) is 0 Å². The van der Waals surface area contributed by atoms with Crippen LogP contribution < -0.4 is 5.11 Å². The molecule has 0 bridgehead atoms. The fourth-order valence-corrected chi connectivity index (χ4v) is 3.17. The third-order valence-corrected chi connectivity index (χ3v) is 5.29. The van der Waals surface area contributed by atoms with Crippen molar-refractivity contribution in [3.05, 3.63) is 0 Å². The summed E-state index contributed by atoms with van der Waals surface area (Å²) in [5.74, 6) is -1.22. The van der Waals surface area contributed by atoms with E-state index < -0.39 is 21.4 Å². The Hall–Kier alpha value is -0.790. The molecule has 8 heteroatoms. The fraction of sp³-hybridized carbons (Fsp3) is 0.944. The lowest BCUT2D eigenvalue weighted by molar-refractivity contribution is -0.218. The van der Waals surface area contributed by atoms with E-state index in [-0.39, 0.29) is 6.42 Å². The third kappa shape index (κ3) is 13.4. The largest absolute Gasteiger partial charge is 0.861 e. The molecule has 0 saturated heterocycles. The van der Waals surface area contributed by atoms with Crippen LogP contribution in [0.1, 0.15) is 103 Å². The molecule has 0 saturated carbocycles. The van der Waals surface area contributed by atoms with Gasteiger partial charge in [0.05, 0.1) is 0 Å². The highest BCUT2D eigenvalue weighted by molar-refractivity contribution is 7.91. The summed E-state index contributed by atoms with van der Waals surface area (Å²) in [5.41, 5.74) is -5.50. The van der Waals surface area contributed by atoms with E-state index in [0.29, 0.717) is 12.8 Å². The molecule has 0 rings (SSSR count). The molecule has 0 aromatic rings. The van der Waals surface area contributed by atoms with E-state index in [1.807, 2.05) is 0 Å². The lowest BCUT2D eigenvalue weighted by Crippen LogP contribution is -2.26. The van der Waals surface area contributed by atoms with E-state index in [1.165, 1.54) is 57.8 Å². The van der Waals surface area contributed by atoms with Crippen LogP contribution in [0.3, 0.4) is 0 Å². The molecule has 0 N–H and O–H groups in total. The van der Waals surface area contributed by atoms with Gasteiger partial charge in [-0.1, -0.05) is 90.4 Å². The maximum Gasteiger partial charge on any atom is 0.518 e. The Kier molecular flexibility index (Phi) is 13.9. The van der Waals surface area contributed by atoms with Crippen LogP contribution in [0.2, 0.25) is 0 Å². The van der Waals surface area contributed by atoms with Crippen LogP contribution in [0, 0.1) is 0 Å². The second-order valence-corrected chi connectivity index (χ2v) is 8.35. The van der Waals surface area contributed by atoms with Gasteiger partial charge in [0.25, 0.3) is 0 Å². The minimum absolute atomic E-state index is 0.257. The number of hydrogen-bond donors (Lipinski definition) is 0. The summed E-state index contributed by atoms with van der Waals surface area (Å²) in [7, 11) is -5.69. The number of rotatable bonds is 16. The van der Waals surface area contributed by atoms with Gasteiger partial charge in [0.1, 0.15) is 0 Å². The molecule has 0 aromatic heterocycles. The lowest BCUT2D eigenvalue weighted by Gasteiger charge is -2.11. The fourth-order valence-electron chi connectivity index (χ4n) is 2.70. The summed E-state index contributed by atoms with van der Waals surface area (Å²) in [6, 6.07) is 0. The standard InChI is InChI=1S/C18H34F3NO3S/c1-2-3-4-5-6-7-8-9-10-11-12-13-14-15-16-17(23)22-26(24,25)18(19,20)21/h2-16H2,1H3,(H,22,23)/p-1. The van der Waals surface area contributed by atoms with Gasteiger partial charge in [0.15, 0.2) is 0 Å². The van der Waals surface area contributed by atoms with Crippen molar-refractivity contribution in [2.75, 3.05) is 0 Å². The SMILES string of the molecule is CCCCCCCCCCCCCCCC/C([O-])=N/S(=O)(=O)C(F)(F)F. The van der Waals surface area contributed by atoms with Crippen molar-refractivity contribution in [1.29, 1.82) is 0 Å². The number of sulfonamides is 1. The van der Waals surface area contributed by atoms with E-state index in [9.17, 15) is 26.7 Å². The molecule has 0 aliphatic rings. The molecule has 0 unspecified atom stereocenters. The van der Waals surface area contributed by atoms with E-state index in [0.717, 1.165) is 19.3 Å². The topological polar surface area (TPSA) is 69.6 Å². The maximum absolute atomic E-state index is 12.1. The predicted octanol–water partition coefficient (Wildman–Crippen LogP) is 5.47. The summed E-state index contributed by atoms with van der Waals surface area (Å²) >= 11 is 0. The summed E-state index contributed by atoms with van der Waals surface area (Å²) in [5, 5.41) is 11.2. The zero-order chi connectivity index (χ0) is 19.9. The van der Waals surface area contributed by atoms with Crippen LogP contribution in [0.5, 0.6) is 0 Å². The Bertz CT molecular complexity index is 477. The van der Waals surface area contributed by atoms with E-state index in [2.05, 4.69) is 11.3 Å². The van der Waals surface area contributed by atoms with Gasteiger partial charge in [-0.15, -0.1) is 0 Å². The van der Waals surface area contributed by atoms with Crippen molar-refractivity contribution < 1.29 is 26.7 Å². The molecule has 26 heavy (non-hydrogen) atoms. The molecule has 0 aliphatic carbocycles. The van der Waals surface area contributed by atoms with Crippen LogP contribution in [-0.2, 0) is 10.0 Å². The van der Waals surface area contributed by atoms with Gasteiger partial charge in [-0.05, 0) is 18.7 Å². The Labute approximate surface area is 156 Å². The second kappa shape index (κ2) is 14.3.